The van der Waals surface area contributed by atoms with E-state index in [0.29, 0.717) is 68.2 Å². The summed E-state index contributed by atoms with van der Waals surface area (Å²) >= 11 is 0. The van der Waals surface area contributed by atoms with E-state index in [1.165, 1.54) is 0 Å². The lowest BCUT2D eigenvalue weighted by Gasteiger charge is -2.44. The highest BCUT2D eigenvalue weighted by Crippen LogP contribution is 2.48. The van der Waals surface area contributed by atoms with Gasteiger partial charge in [-0.1, -0.05) is 115 Å². The van der Waals surface area contributed by atoms with Crippen LogP contribution in [0, 0.1) is 0 Å². The van der Waals surface area contributed by atoms with Crippen molar-refractivity contribution in [3.8, 4) is 0 Å². The third-order valence-corrected chi connectivity index (χ3v) is 17.3. The van der Waals surface area contributed by atoms with Crippen molar-refractivity contribution in [2.45, 2.75) is 74.0 Å². The van der Waals surface area contributed by atoms with Crippen molar-refractivity contribution in [3.05, 3.63) is 214 Å². The molecule has 2 saturated heterocycles. The molecule has 16 nitrogen and oxygen atoms in total. The molecular formula is C64H62N10O6. The minimum Gasteiger partial charge on any atom is -0.325 e. The molecule has 2 fully saturated rings. The zero-order chi connectivity index (χ0) is 55.3. The van der Waals surface area contributed by atoms with Gasteiger partial charge in [0.25, 0.3) is 0 Å². The Labute approximate surface area is 464 Å². The molecule has 6 heterocycles. The molecule has 0 radical (unpaired) electrons. The topological polar surface area (TPSA) is 189 Å². The van der Waals surface area contributed by atoms with E-state index >= 15 is 0 Å². The van der Waals surface area contributed by atoms with Gasteiger partial charge >= 0.3 is 0 Å². The fourth-order valence-corrected chi connectivity index (χ4v) is 12.9. The molecule has 6 aliphatic rings. The van der Waals surface area contributed by atoms with E-state index in [0.717, 1.165) is 50.1 Å². The number of nitrogens with one attached hydrogen (secondary N) is 4. The predicted octanol–water partition coefficient (Wildman–Crippen LogP) is 7.05. The third kappa shape index (κ3) is 9.57. The number of likely N-dealkylation sites (N-methyl/N-ethyl adjacent to an activating group) is 2. The van der Waals surface area contributed by atoms with Crippen molar-refractivity contribution < 1.29 is 28.8 Å². The highest BCUT2D eigenvalue weighted by molar-refractivity contribution is 6.07. The second-order valence-corrected chi connectivity index (χ2v) is 22.2. The Hall–Kier alpha value is -8.86. The first-order chi connectivity index (χ1) is 38.8. The summed E-state index contributed by atoms with van der Waals surface area (Å²) in [5, 5.41) is 11.9. The van der Waals surface area contributed by atoms with Crippen LogP contribution < -0.4 is 21.3 Å². The number of hydrogen-bond donors (Lipinski definition) is 4. The molecule has 2 aromatic heterocycles. The van der Waals surface area contributed by atoms with E-state index in [1.807, 2.05) is 178 Å². The van der Waals surface area contributed by atoms with Crippen LogP contribution in [-0.2, 0) is 71.7 Å². The fourth-order valence-electron chi connectivity index (χ4n) is 12.9. The molecule has 80 heavy (non-hydrogen) atoms. The lowest BCUT2D eigenvalue weighted by atomic mass is 9.79. The van der Waals surface area contributed by atoms with Gasteiger partial charge in [-0.2, -0.15) is 0 Å². The number of amides is 6. The van der Waals surface area contributed by atoms with E-state index in [9.17, 15) is 28.8 Å². The van der Waals surface area contributed by atoms with Crippen LogP contribution in [-0.4, -0.2) is 117 Å². The number of benzene rings is 5. The van der Waals surface area contributed by atoms with Gasteiger partial charge in [-0.15, -0.1) is 0 Å². The number of fused-ring (bicyclic) bond motifs is 6. The number of piperazine rings is 2. The summed E-state index contributed by atoms with van der Waals surface area (Å²) in [6, 6.07) is 47.9. The number of carbonyl (C=O) groups excluding carboxylic acids is 6. The fraction of sp³-hybridized carbons (Fsp3) is 0.281. The van der Waals surface area contributed by atoms with Crippen molar-refractivity contribution in [3.63, 3.8) is 0 Å². The van der Waals surface area contributed by atoms with Crippen molar-refractivity contribution in [2.24, 2.45) is 0 Å². The van der Waals surface area contributed by atoms with Gasteiger partial charge in [0.05, 0.1) is 35.0 Å². The molecular weight excluding hydrogens is 1000 g/mol. The average Bonchev–Trinajstić information content (AvgIpc) is 4.31. The highest BCUT2D eigenvalue weighted by atomic mass is 16.2. The molecule has 6 atom stereocenters. The summed E-state index contributed by atoms with van der Waals surface area (Å²) in [6.45, 7) is 3.07. The van der Waals surface area contributed by atoms with Gasteiger partial charge in [-0.3, -0.25) is 38.6 Å². The third-order valence-electron chi connectivity index (χ3n) is 17.3. The SMILES string of the molecule is CC1C(=O)N(CC(=O)Nc2ccc3c(c2)CC2(C3)C(=O)Nc3ncccc32)C(c2ccccc2)CN1C.CN1CC(c2ccccc2)N(CC(=O)Nc2ccc3c(c2)CC2(C3)C(=O)Nc3ncccc32)C(=O)C1Cc1ccccc1. The summed E-state index contributed by atoms with van der Waals surface area (Å²) in [5.41, 5.74) is 9.20. The zero-order valence-corrected chi connectivity index (χ0v) is 44.9. The van der Waals surface area contributed by atoms with Crippen molar-refractivity contribution in [2.75, 3.05) is 61.5 Å². The first-order valence-electron chi connectivity index (χ1n) is 27.3. The largest absolute Gasteiger partial charge is 0.325 e. The maximum absolute atomic E-state index is 14.0. The number of nitrogens with zero attached hydrogens (tertiary/aromatic N) is 6. The summed E-state index contributed by atoms with van der Waals surface area (Å²) in [6.07, 6.45) is 6.25. The maximum atomic E-state index is 14.0. The molecule has 4 aliphatic heterocycles. The molecule has 404 valence electrons. The number of anilines is 4. The number of carbonyl (C=O) groups is 6. The normalized spacial score (nSPS) is 23.6. The van der Waals surface area contributed by atoms with Crippen LogP contribution in [0.5, 0.6) is 0 Å². The van der Waals surface area contributed by atoms with Crippen molar-refractivity contribution in [1.29, 1.82) is 0 Å². The molecule has 6 amide bonds. The Morgan fingerprint density at radius 2 is 0.975 bits per heavy atom. The summed E-state index contributed by atoms with van der Waals surface area (Å²) in [7, 11) is 3.92. The molecule has 13 rings (SSSR count). The smallest absolute Gasteiger partial charge is 0.244 e. The van der Waals surface area contributed by atoms with Crippen LogP contribution in [0.2, 0.25) is 0 Å². The van der Waals surface area contributed by atoms with Gasteiger partial charge in [0.15, 0.2) is 0 Å². The summed E-state index contributed by atoms with van der Waals surface area (Å²) in [5.74, 6) is 0.582. The zero-order valence-electron chi connectivity index (χ0n) is 44.9. The maximum Gasteiger partial charge on any atom is 0.244 e. The van der Waals surface area contributed by atoms with Crippen molar-refractivity contribution in [1.82, 2.24) is 29.6 Å². The second kappa shape index (κ2) is 21.1. The molecule has 0 bridgehead atoms. The molecule has 0 saturated carbocycles. The van der Waals surface area contributed by atoms with E-state index in [2.05, 4.69) is 36.1 Å². The molecule has 2 aliphatic carbocycles. The number of rotatable bonds is 10. The number of hydrogen-bond acceptors (Lipinski definition) is 10. The lowest BCUT2D eigenvalue weighted by molar-refractivity contribution is -0.147. The van der Waals surface area contributed by atoms with Gasteiger partial charge in [0.2, 0.25) is 35.4 Å². The van der Waals surface area contributed by atoms with Crippen LogP contribution in [0.3, 0.4) is 0 Å². The van der Waals surface area contributed by atoms with E-state index < -0.39 is 10.8 Å². The molecule has 5 aromatic carbocycles. The van der Waals surface area contributed by atoms with Crippen LogP contribution in [0.15, 0.2) is 164 Å². The van der Waals surface area contributed by atoms with Gasteiger partial charge in [0.1, 0.15) is 24.7 Å². The quantitative estimate of drug-likeness (QED) is 0.111. The highest BCUT2D eigenvalue weighted by Gasteiger charge is 2.52. The molecule has 16 heteroatoms. The Balaban J connectivity index is 0.000000161. The Kier molecular flexibility index (Phi) is 13.7. The standard InChI is InChI=1S/C35H33N5O3.C29H29N5O3/c1-39-21-30(24-11-6-3-7-12-24)40(33(42)29(39)17-23-9-4-2-5-10-23)22-31(41)37-27-15-14-25-19-35(20-26(25)18-27)28-13-8-16-36-32(28)38-34(35)43;1-18-27(36)34(24(16-33(18)2)19-7-4-3-5-8-19)17-25(35)31-22-11-10-20-14-29(15-21(20)13-22)23-9-6-12-30-26(23)32-28(29)37/h2-16,18,29-30H,17,19-22H2,1H3,(H,37,41)(H,36,38,43);3-13,18,24H,14-17H2,1-2H3,(H,31,35)(H,30,32,37). The number of aromatic nitrogens is 2. The molecule has 7 aromatic rings. The Morgan fingerprint density at radius 3 is 1.46 bits per heavy atom. The van der Waals surface area contributed by atoms with Gasteiger partial charge < -0.3 is 31.1 Å². The monoisotopic (exact) mass is 1070 g/mol. The van der Waals surface area contributed by atoms with Gasteiger partial charge in [-0.05, 0) is 128 Å². The van der Waals surface area contributed by atoms with E-state index in [-0.39, 0.29) is 72.7 Å². The minimum atomic E-state index is -0.669. The van der Waals surface area contributed by atoms with Crippen molar-refractivity contribution >= 4 is 58.5 Å². The predicted molar refractivity (Wildman–Crippen MR) is 304 cm³/mol. The van der Waals surface area contributed by atoms with Crippen LogP contribution in [0.25, 0.3) is 0 Å². The number of pyridine rings is 2. The van der Waals surface area contributed by atoms with Crippen LogP contribution in [0.1, 0.15) is 69.1 Å². The average molecular weight is 1070 g/mol. The molecule has 6 unspecified atom stereocenters. The Morgan fingerprint density at radius 1 is 0.537 bits per heavy atom. The first kappa shape index (κ1) is 51.9. The van der Waals surface area contributed by atoms with E-state index in [1.54, 1.807) is 22.2 Å². The minimum absolute atomic E-state index is 0.0287. The van der Waals surface area contributed by atoms with Crippen LogP contribution >= 0.6 is 0 Å². The summed E-state index contributed by atoms with van der Waals surface area (Å²) in [4.78, 5) is 96.2. The van der Waals surface area contributed by atoms with E-state index in [4.69, 9.17) is 0 Å². The van der Waals surface area contributed by atoms with Gasteiger partial charge in [0, 0.05) is 48.0 Å². The summed E-state index contributed by atoms with van der Waals surface area (Å²) < 4.78 is 0. The lowest BCUT2D eigenvalue weighted by Crippen LogP contribution is -2.59. The first-order valence-corrected chi connectivity index (χ1v) is 27.3. The van der Waals surface area contributed by atoms with Gasteiger partial charge in [-0.25, -0.2) is 9.97 Å². The Bertz CT molecular complexity index is 3580. The molecule has 4 N–H and O–H groups in total. The van der Waals surface area contributed by atoms with Crippen LogP contribution in [0.4, 0.5) is 23.0 Å². The second-order valence-electron chi connectivity index (χ2n) is 22.2. The molecule has 2 spiro atoms.